The van der Waals surface area contributed by atoms with Gasteiger partial charge in [0.1, 0.15) is 5.82 Å². The molecule has 4 heteroatoms. The average Bonchev–Trinajstić information content (AvgIpc) is 2.40. The van der Waals surface area contributed by atoms with E-state index in [1.165, 1.54) is 18.9 Å². The van der Waals surface area contributed by atoms with E-state index in [0.29, 0.717) is 6.61 Å². The molecule has 1 aromatic rings. The van der Waals surface area contributed by atoms with Crippen LogP contribution < -0.4 is 5.32 Å². The van der Waals surface area contributed by atoms with E-state index in [0.717, 1.165) is 37.6 Å². The molecule has 0 aromatic heterocycles. The van der Waals surface area contributed by atoms with Crippen LogP contribution in [0.2, 0.25) is 5.02 Å². The molecule has 2 rings (SSSR count). The highest BCUT2D eigenvalue weighted by Gasteiger charge is 2.12. The first-order valence-corrected chi connectivity index (χ1v) is 6.86. The molecular formula is C14H19ClFNO. The van der Waals surface area contributed by atoms with E-state index in [-0.39, 0.29) is 10.8 Å². The van der Waals surface area contributed by atoms with Crippen molar-refractivity contribution in [1.29, 1.82) is 0 Å². The molecular weight excluding hydrogens is 253 g/mol. The summed E-state index contributed by atoms with van der Waals surface area (Å²) in [6.45, 7) is 3.42. The lowest BCUT2D eigenvalue weighted by atomic mass is 9.97. The summed E-state index contributed by atoms with van der Waals surface area (Å²) in [7, 11) is 0. The maximum Gasteiger partial charge on any atom is 0.142 e. The van der Waals surface area contributed by atoms with Crippen LogP contribution in [-0.2, 0) is 11.3 Å². The Morgan fingerprint density at radius 3 is 3.06 bits per heavy atom. The molecule has 1 fully saturated rings. The third kappa shape index (κ3) is 4.23. The number of hydrogen-bond acceptors (Lipinski definition) is 2. The lowest BCUT2D eigenvalue weighted by Gasteiger charge is -2.22. The van der Waals surface area contributed by atoms with Gasteiger partial charge in [-0.05, 0) is 56.0 Å². The molecule has 1 heterocycles. The third-order valence-corrected chi connectivity index (χ3v) is 3.63. The first-order valence-electron chi connectivity index (χ1n) is 6.48. The topological polar surface area (TPSA) is 21.3 Å². The van der Waals surface area contributed by atoms with Crippen LogP contribution >= 0.6 is 11.6 Å². The molecule has 0 aliphatic carbocycles. The van der Waals surface area contributed by atoms with Crippen LogP contribution in [0.25, 0.3) is 0 Å². The standard InChI is InChI=1S/C14H19ClFNO/c15-13-4-3-12(8-14(13)16)10-18-7-5-11-2-1-6-17-9-11/h3-4,8,11,17H,1-2,5-7,9-10H2. The second kappa shape index (κ2) is 7.07. The zero-order valence-corrected chi connectivity index (χ0v) is 11.2. The Kier molecular flexibility index (Phi) is 5.42. The van der Waals surface area contributed by atoms with E-state index < -0.39 is 0 Å². The fourth-order valence-electron chi connectivity index (χ4n) is 2.24. The number of benzene rings is 1. The van der Waals surface area contributed by atoms with Gasteiger partial charge in [0.15, 0.2) is 0 Å². The van der Waals surface area contributed by atoms with Crippen LogP contribution in [0.1, 0.15) is 24.8 Å². The number of ether oxygens (including phenoxy) is 1. The van der Waals surface area contributed by atoms with Gasteiger partial charge in [-0.1, -0.05) is 17.7 Å². The smallest absolute Gasteiger partial charge is 0.142 e. The fraction of sp³-hybridized carbons (Fsp3) is 0.571. The van der Waals surface area contributed by atoms with E-state index in [1.54, 1.807) is 12.1 Å². The van der Waals surface area contributed by atoms with Crippen molar-refractivity contribution in [3.63, 3.8) is 0 Å². The molecule has 1 aliphatic rings. The van der Waals surface area contributed by atoms with Crippen LogP contribution in [-0.4, -0.2) is 19.7 Å². The molecule has 2 nitrogen and oxygen atoms in total. The number of piperidine rings is 1. The Morgan fingerprint density at radius 1 is 1.44 bits per heavy atom. The zero-order chi connectivity index (χ0) is 12.8. The Labute approximate surface area is 112 Å². The van der Waals surface area contributed by atoms with Crippen molar-refractivity contribution in [3.05, 3.63) is 34.6 Å². The number of nitrogens with one attached hydrogen (secondary N) is 1. The van der Waals surface area contributed by atoms with Crippen molar-refractivity contribution in [2.24, 2.45) is 5.92 Å². The number of rotatable bonds is 5. The quantitative estimate of drug-likeness (QED) is 0.829. The molecule has 0 saturated carbocycles. The van der Waals surface area contributed by atoms with Crippen molar-refractivity contribution in [1.82, 2.24) is 5.32 Å². The predicted octanol–water partition coefficient (Wildman–Crippen LogP) is 3.39. The Balaban J connectivity index is 1.66. The minimum atomic E-state index is -0.380. The van der Waals surface area contributed by atoms with Crippen LogP contribution in [0.5, 0.6) is 0 Å². The summed E-state index contributed by atoms with van der Waals surface area (Å²) in [6, 6.07) is 4.80. The SMILES string of the molecule is Fc1cc(COCCC2CCCNC2)ccc1Cl. The van der Waals surface area contributed by atoms with Crippen molar-refractivity contribution in [3.8, 4) is 0 Å². The monoisotopic (exact) mass is 271 g/mol. The van der Waals surface area contributed by atoms with E-state index in [2.05, 4.69) is 5.32 Å². The molecule has 1 unspecified atom stereocenters. The first-order chi connectivity index (χ1) is 8.75. The van der Waals surface area contributed by atoms with Gasteiger partial charge < -0.3 is 10.1 Å². The second-order valence-electron chi connectivity index (χ2n) is 4.80. The van der Waals surface area contributed by atoms with E-state index in [1.807, 2.05) is 0 Å². The summed E-state index contributed by atoms with van der Waals surface area (Å²) in [5, 5.41) is 3.55. The summed E-state index contributed by atoms with van der Waals surface area (Å²) in [5.74, 6) is 0.343. The largest absolute Gasteiger partial charge is 0.377 e. The molecule has 0 amide bonds. The lowest BCUT2D eigenvalue weighted by molar-refractivity contribution is 0.103. The molecule has 0 spiro atoms. The molecule has 1 aromatic carbocycles. The highest BCUT2D eigenvalue weighted by atomic mass is 35.5. The third-order valence-electron chi connectivity index (χ3n) is 3.32. The summed E-state index contributed by atoms with van der Waals surface area (Å²) in [6.07, 6.45) is 3.61. The normalized spacial score (nSPS) is 20.0. The van der Waals surface area contributed by atoms with Gasteiger partial charge in [0.25, 0.3) is 0 Å². The van der Waals surface area contributed by atoms with E-state index in [4.69, 9.17) is 16.3 Å². The molecule has 1 N–H and O–H groups in total. The van der Waals surface area contributed by atoms with Crippen molar-refractivity contribution < 1.29 is 9.13 Å². The van der Waals surface area contributed by atoms with Crippen LogP contribution in [0.3, 0.4) is 0 Å². The van der Waals surface area contributed by atoms with Crippen molar-refractivity contribution >= 4 is 11.6 Å². The zero-order valence-electron chi connectivity index (χ0n) is 10.4. The Bertz CT molecular complexity index is 380. The summed E-state index contributed by atoms with van der Waals surface area (Å²) >= 11 is 5.62. The van der Waals surface area contributed by atoms with Crippen LogP contribution in [0, 0.1) is 11.7 Å². The van der Waals surface area contributed by atoms with Crippen molar-refractivity contribution in [2.45, 2.75) is 25.9 Å². The maximum atomic E-state index is 13.2. The first kappa shape index (κ1) is 13.8. The molecule has 1 aliphatic heterocycles. The van der Waals surface area contributed by atoms with Gasteiger partial charge in [-0.25, -0.2) is 4.39 Å². The molecule has 100 valence electrons. The van der Waals surface area contributed by atoms with Gasteiger partial charge in [-0.2, -0.15) is 0 Å². The van der Waals surface area contributed by atoms with Gasteiger partial charge in [0.2, 0.25) is 0 Å². The maximum absolute atomic E-state index is 13.2. The molecule has 0 radical (unpaired) electrons. The molecule has 18 heavy (non-hydrogen) atoms. The minimum absolute atomic E-state index is 0.159. The highest BCUT2D eigenvalue weighted by molar-refractivity contribution is 6.30. The van der Waals surface area contributed by atoms with Crippen LogP contribution in [0.4, 0.5) is 4.39 Å². The second-order valence-corrected chi connectivity index (χ2v) is 5.21. The Hall–Kier alpha value is -0.640. The summed E-state index contributed by atoms with van der Waals surface area (Å²) in [5.41, 5.74) is 0.832. The minimum Gasteiger partial charge on any atom is -0.377 e. The molecule has 1 atom stereocenters. The van der Waals surface area contributed by atoms with Crippen LogP contribution in [0.15, 0.2) is 18.2 Å². The predicted molar refractivity (Wildman–Crippen MR) is 71.3 cm³/mol. The fourth-order valence-corrected chi connectivity index (χ4v) is 2.36. The van der Waals surface area contributed by atoms with Gasteiger partial charge in [0, 0.05) is 6.61 Å². The lowest BCUT2D eigenvalue weighted by Crippen LogP contribution is -2.30. The Morgan fingerprint density at radius 2 is 2.33 bits per heavy atom. The van der Waals surface area contributed by atoms with E-state index in [9.17, 15) is 4.39 Å². The molecule has 1 saturated heterocycles. The molecule has 0 bridgehead atoms. The van der Waals surface area contributed by atoms with Gasteiger partial charge >= 0.3 is 0 Å². The van der Waals surface area contributed by atoms with Gasteiger partial charge in [0.05, 0.1) is 11.6 Å². The van der Waals surface area contributed by atoms with E-state index >= 15 is 0 Å². The van der Waals surface area contributed by atoms with Crippen molar-refractivity contribution in [2.75, 3.05) is 19.7 Å². The van der Waals surface area contributed by atoms with Gasteiger partial charge in [-0.15, -0.1) is 0 Å². The summed E-state index contributed by atoms with van der Waals surface area (Å²) in [4.78, 5) is 0. The van der Waals surface area contributed by atoms with Gasteiger partial charge in [-0.3, -0.25) is 0 Å². The summed E-state index contributed by atoms with van der Waals surface area (Å²) < 4.78 is 18.8. The highest BCUT2D eigenvalue weighted by Crippen LogP contribution is 2.17. The number of halogens is 2. The number of hydrogen-bond donors (Lipinski definition) is 1. The average molecular weight is 272 g/mol.